The lowest BCUT2D eigenvalue weighted by molar-refractivity contribution is 0.102. The Morgan fingerprint density at radius 1 is 0.966 bits per heavy atom. The zero-order chi connectivity index (χ0) is 20.3. The number of allylic oxidation sites excluding steroid dienone is 1. The number of hydrogen-bond donors (Lipinski definition) is 2. The maximum atomic E-state index is 13.2. The van der Waals surface area contributed by atoms with Gasteiger partial charge in [-0.25, -0.2) is 0 Å². The van der Waals surface area contributed by atoms with Gasteiger partial charge in [0, 0.05) is 33.5 Å². The lowest BCUT2D eigenvalue weighted by Gasteiger charge is -2.34. The van der Waals surface area contributed by atoms with Crippen molar-refractivity contribution in [3.63, 3.8) is 0 Å². The summed E-state index contributed by atoms with van der Waals surface area (Å²) in [4.78, 5) is 29.6. The molecule has 1 aliphatic carbocycles. The Labute approximate surface area is 166 Å². The molecule has 3 aromatic rings. The van der Waals surface area contributed by atoms with E-state index in [1.54, 1.807) is 44.6 Å². The number of nitrogens with one attached hydrogen (secondary N) is 2. The number of carbonyl (C=O) groups is 1. The summed E-state index contributed by atoms with van der Waals surface area (Å²) in [6.45, 7) is 2.04. The SMILES string of the molecule is COC1=CC(C)C2Nc3cc4c(=O)c5cc(OC)ccc5[nH]c4cc3C(=O)C2=C1. The van der Waals surface area contributed by atoms with Gasteiger partial charge in [0.25, 0.3) is 0 Å². The lowest BCUT2D eigenvalue weighted by Crippen LogP contribution is -2.38. The average molecular weight is 388 g/mol. The minimum absolute atomic E-state index is 0.0455. The standard InChI is InChI=1S/C23H20N2O4/c1-11-6-13(29-3)8-17-21(11)25-20-10-15-19(9-16(20)23(17)27)24-18-5-4-12(28-2)7-14(18)22(15)26/h4-11,21,25H,1-3H3,(H,24,26). The second-order valence-corrected chi connectivity index (χ2v) is 7.49. The van der Waals surface area contributed by atoms with Crippen LogP contribution in [0.3, 0.4) is 0 Å². The predicted octanol–water partition coefficient (Wildman–Crippen LogP) is 3.77. The summed E-state index contributed by atoms with van der Waals surface area (Å²) < 4.78 is 10.6. The Hall–Kier alpha value is -3.54. The number of fused-ring (bicyclic) bond motifs is 4. The number of hydrogen-bond acceptors (Lipinski definition) is 5. The van der Waals surface area contributed by atoms with Crippen molar-refractivity contribution < 1.29 is 14.3 Å². The number of benzene rings is 2. The normalized spacial score (nSPS) is 20.4. The van der Waals surface area contributed by atoms with Crippen LogP contribution in [0.1, 0.15) is 17.3 Å². The van der Waals surface area contributed by atoms with Gasteiger partial charge in [0.05, 0.1) is 31.3 Å². The molecule has 0 saturated heterocycles. The highest BCUT2D eigenvalue weighted by molar-refractivity contribution is 6.17. The van der Waals surface area contributed by atoms with E-state index in [1.165, 1.54) is 0 Å². The molecule has 0 fully saturated rings. The van der Waals surface area contributed by atoms with Gasteiger partial charge in [-0.2, -0.15) is 0 Å². The first kappa shape index (κ1) is 17.6. The molecule has 2 atom stereocenters. The molecule has 29 heavy (non-hydrogen) atoms. The third-order valence-corrected chi connectivity index (χ3v) is 5.78. The van der Waals surface area contributed by atoms with E-state index in [4.69, 9.17) is 9.47 Å². The van der Waals surface area contributed by atoms with E-state index < -0.39 is 0 Å². The van der Waals surface area contributed by atoms with Gasteiger partial charge in [0.2, 0.25) is 0 Å². The van der Waals surface area contributed by atoms with Crippen LogP contribution >= 0.6 is 0 Å². The second kappa shape index (κ2) is 6.24. The van der Waals surface area contributed by atoms with Crippen molar-refractivity contribution in [2.45, 2.75) is 13.0 Å². The molecule has 0 radical (unpaired) electrons. The number of rotatable bonds is 2. The Morgan fingerprint density at radius 2 is 1.76 bits per heavy atom. The van der Waals surface area contributed by atoms with E-state index in [1.807, 2.05) is 19.1 Å². The Morgan fingerprint density at radius 3 is 2.52 bits per heavy atom. The average Bonchev–Trinajstić information content (AvgIpc) is 2.74. The van der Waals surface area contributed by atoms with Crippen LogP contribution in [-0.2, 0) is 4.74 Å². The predicted molar refractivity (Wildman–Crippen MR) is 113 cm³/mol. The van der Waals surface area contributed by atoms with Crippen molar-refractivity contribution in [2.75, 3.05) is 19.5 Å². The second-order valence-electron chi connectivity index (χ2n) is 7.49. The monoisotopic (exact) mass is 388 g/mol. The minimum Gasteiger partial charge on any atom is -0.497 e. The Balaban J connectivity index is 1.73. The fraction of sp³-hybridized carbons (Fsp3) is 0.217. The van der Waals surface area contributed by atoms with E-state index in [-0.39, 0.29) is 23.2 Å². The summed E-state index contributed by atoms with van der Waals surface area (Å²) >= 11 is 0. The number of aromatic amines is 1. The molecular formula is C23H20N2O4. The summed E-state index contributed by atoms with van der Waals surface area (Å²) in [5.41, 5.74) is 3.15. The maximum absolute atomic E-state index is 13.2. The first-order valence-electron chi connectivity index (χ1n) is 9.46. The summed E-state index contributed by atoms with van der Waals surface area (Å²) in [5.74, 6) is 1.35. The van der Waals surface area contributed by atoms with Crippen LogP contribution in [0.25, 0.3) is 21.8 Å². The molecule has 146 valence electrons. The molecule has 1 aromatic heterocycles. The number of ether oxygens (including phenoxy) is 2. The number of pyridine rings is 1. The van der Waals surface area contributed by atoms with Gasteiger partial charge in [-0.1, -0.05) is 6.92 Å². The lowest BCUT2D eigenvalue weighted by atomic mass is 9.81. The molecule has 0 amide bonds. The molecule has 0 bridgehead atoms. The van der Waals surface area contributed by atoms with Crippen molar-refractivity contribution in [1.29, 1.82) is 0 Å². The molecule has 6 heteroatoms. The molecule has 0 saturated carbocycles. The van der Waals surface area contributed by atoms with Crippen LogP contribution in [0.4, 0.5) is 5.69 Å². The van der Waals surface area contributed by atoms with E-state index in [9.17, 15) is 9.59 Å². The number of aromatic nitrogens is 1. The van der Waals surface area contributed by atoms with Crippen molar-refractivity contribution in [1.82, 2.24) is 4.98 Å². The highest BCUT2D eigenvalue weighted by atomic mass is 16.5. The van der Waals surface area contributed by atoms with Crippen LogP contribution in [0.2, 0.25) is 0 Å². The van der Waals surface area contributed by atoms with Crippen LogP contribution in [0, 0.1) is 5.92 Å². The minimum atomic E-state index is -0.147. The summed E-state index contributed by atoms with van der Waals surface area (Å²) in [6, 6.07) is 8.73. The van der Waals surface area contributed by atoms with Crippen molar-refractivity contribution in [3.8, 4) is 5.75 Å². The molecule has 2 N–H and O–H groups in total. The largest absolute Gasteiger partial charge is 0.497 e. The van der Waals surface area contributed by atoms with Gasteiger partial charge >= 0.3 is 0 Å². The summed E-state index contributed by atoms with van der Waals surface area (Å²) in [6.07, 6.45) is 3.79. The fourth-order valence-electron chi connectivity index (χ4n) is 4.23. The molecule has 2 heterocycles. The van der Waals surface area contributed by atoms with E-state index in [2.05, 4.69) is 10.3 Å². The maximum Gasteiger partial charge on any atom is 0.197 e. The van der Waals surface area contributed by atoms with Gasteiger partial charge in [-0.05, 0) is 42.5 Å². The quantitative estimate of drug-likeness (QED) is 0.653. The zero-order valence-electron chi connectivity index (χ0n) is 16.3. The molecule has 6 nitrogen and oxygen atoms in total. The molecule has 1 aliphatic heterocycles. The third-order valence-electron chi connectivity index (χ3n) is 5.78. The third kappa shape index (κ3) is 2.56. The number of Topliss-reactive ketones (excluding diaryl/α,β-unsaturated/α-hetero) is 1. The van der Waals surface area contributed by atoms with Crippen LogP contribution in [0.5, 0.6) is 5.75 Å². The van der Waals surface area contributed by atoms with Crippen molar-refractivity contribution in [2.24, 2.45) is 5.92 Å². The van der Waals surface area contributed by atoms with Crippen LogP contribution < -0.4 is 15.5 Å². The number of carbonyl (C=O) groups excluding carboxylic acids is 1. The Kier molecular flexibility index (Phi) is 3.77. The smallest absolute Gasteiger partial charge is 0.197 e. The molecule has 2 unspecified atom stereocenters. The van der Waals surface area contributed by atoms with Crippen molar-refractivity contribution in [3.05, 3.63) is 69.6 Å². The molecule has 5 rings (SSSR count). The first-order valence-corrected chi connectivity index (χ1v) is 9.46. The molecular weight excluding hydrogens is 368 g/mol. The summed E-state index contributed by atoms with van der Waals surface area (Å²) in [5, 5.41) is 4.54. The zero-order valence-corrected chi connectivity index (χ0v) is 16.3. The first-order chi connectivity index (χ1) is 14.0. The fourth-order valence-corrected chi connectivity index (χ4v) is 4.23. The van der Waals surface area contributed by atoms with Gasteiger partial charge in [-0.3, -0.25) is 9.59 Å². The highest BCUT2D eigenvalue weighted by Crippen LogP contribution is 2.37. The van der Waals surface area contributed by atoms with E-state index in [0.717, 1.165) is 0 Å². The van der Waals surface area contributed by atoms with Gasteiger partial charge < -0.3 is 19.8 Å². The van der Waals surface area contributed by atoms with Gasteiger partial charge in [0.15, 0.2) is 11.2 Å². The topological polar surface area (TPSA) is 80.4 Å². The molecule has 0 spiro atoms. The van der Waals surface area contributed by atoms with Gasteiger partial charge in [-0.15, -0.1) is 0 Å². The van der Waals surface area contributed by atoms with E-state index >= 15 is 0 Å². The van der Waals surface area contributed by atoms with Crippen LogP contribution in [0.15, 0.2) is 58.6 Å². The Bertz CT molecular complexity index is 1320. The van der Waals surface area contributed by atoms with Gasteiger partial charge in [0.1, 0.15) is 11.5 Å². The number of H-pyrrole nitrogens is 1. The van der Waals surface area contributed by atoms with E-state index in [0.29, 0.717) is 50.1 Å². The molecule has 2 aromatic carbocycles. The molecule has 2 aliphatic rings. The number of anilines is 1. The van der Waals surface area contributed by atoms with Crippen molar-refractivity contribution >= 4 is 33.3 Å². The number of methoxy groups -OCH3 is 2. The van der Waals surface area contributed by atoms with Crippen LogP contribution in [-0.4, -0.2) is 31.0 Å². The number of ketones is 1. The highest BCUT2D eigenvalue weighted by Gasteiger charge is 2.35. The summed E-state index contributed by atoms with van der Waals surface area (Å²) in [7, 11) is 3.17.